The Morgan fingerprint density at radius 1 is 1.03 bits per heavy atom. The zero-order chi connectivity index (χ0) is 20.6. The lowest BCUT2D eigenvalue weighted by Crippen LogP contribution is -2.14. The van der Waals surface area contributed by atoms with Crippen molar-refractivity contribution in [3.8, 4) is 0 Å². The van der Waals surface area contributed by atoms with Gasteiger partial charge in [0, 0.05) is 5.02 Å². The van der Waals surface area contributed by atoms with E-state index in [0.29, 0.717) is 21.8 Å². The molecule has 1 heterocycles. The number of hydrogen-bond donors (Lipinski definition) is 1. The van der Waals surface area contributed by atoms with E-state index in [9.17, 15) is 17.6 Å². The van der Waals surface area contributed by atoms with E-state index in [1.54, 1.807) is 22.8 Å². The molecule has 4 aromatic rings. The third kappa shape index (κ3) is 4.19. The van der Waals surface area contributed by atoms with Gasteiger partial charge in [-0.05, 0) is 54.1 Å². The van der Waals surface area contributed by atoms with Gasteiger partial charge in [-0.2, -0.15) is 0 Å². The van der Waals surface area contributed by atoms with Gasteiger partial charge in [-0.1, -0.05) is 41.1 Å². The predicted molar refractivity (Wildman–Crippen MR) is 114 cm³/mol. The van der Waals surface area contributed by atoms with Gasteiger partial charge in [-0.25, -0.2) is 12.8 Å². The van der Waals surface area contributed by atoms with Crippen molar-refractivity contribution < 1.29 is 12.8 Å². The van der Waals surface area contributed by atoms with E-state index >= 15 is 0 Å². The van der Waals surface area contributed by atoms with Crippen molar-refractivity contribution in [3.63, 3.8) is 0 Å². The first-order chi connectivity index (χ1) is 13.8. The van der Waals surface area contributed by atoms with E-state index < -0.39 is 15.8 Å². The molecule has 0 aliphatic rings. The fraction of sp³-hybridized carbons (Fsp3) is 0.0500. The Bertz CT molecular complexity index is 1360. The summed E-state index contributed by atoms with van der Waals surface area (Å²) < 4.78 is 43.1. The molecule has 1 N–H and O–H groups in total. The molecule has 0 atom stereocenters. The van der Waals surface area contributed by atoms with Gasteiger partial charge in [0.2, 0.25) is 0 Å². The van der Waals surface area contributed by atoms with Crippen LogP contribution in [0.25, 0.3) is 10.2 Å². The molecule has 29 heavy (non-hydrogen) atoms. The number of benzene rings is 3. The van der Waals surface area contributed by atoms with Crippen molar-refractivity contribution >= 4 is 48.9 Å². The number of anilines is 1. The Morgan fingerprint density at radius 3 is 2.52 bits per heavy atom. The number of halogens is 2. The second-order valence-corrected chi connectivity index (χ2v) is 9.44. The van der Waals surface area contributed by atoms with Crippen LogP contribution in [0, 0.1) is 5.82 Å². The Hall–Kier alpha value is -2.68. The summed E-state index contributed by atoms with van der Waals surface area (Å²) >= 11 is 6.87. The van der Waals surface area contributed by atoms with Crippen molar-refractivity contribution in [1.82, 2.24) is 4.57 Å². The third-order valence-corrected chi connectivity index (χ3v) is 6.85. The number of thiazole rings is 1. The maximum absolute atomic E-state index is 13.3. The summed E-state index contributed by atoms with van der Waals surface area (Å²) in [4.78, 5) is 12.3. The summed E-state index contributed by atoms with van der Waals surface area (Å²) in [6.07, 6.45) is 0. The fourth-order valence-electron chi connectivity index (χ4n) is 2.90. The zero-order valence-electron chi connectivity index (χ0n) is 14.8. The molecule has 0 amide bonds. The van der Waals surface area contributed by atoms with Crippen LogP contribution in [0.5, 0.6) is 0 Å². The maximum Gasteiger partial charge on any atom is 0.308 e. The Kier molecular flexibility index (Phi) is 5.16. The van der Waals surface area contributed by atoms with Crippen LogP contribution in [0.1, 0.15) is 5.56 Å². The molecule has 4 rings (SSSR count). The van der Waals surface area contributed by atoms with Gasteiger partial charge < -0.3 is 0 Å². The highest BCUT2D eigenvalue weighted by Gasteiger charge is 2.17. The van der Waals surface area contributed by atoms with E-state index in [0.717, 1.165) is 23.0 Å². The van der Waals surface area contributed by atoms with Crippen LogP contribution < -0.4 is 9.60 Å². The molecule has 148 valence electrons. The van der Waals surface area contributed by atoms with Crippen LogP contribution >= 0.6 is 22.9 Å². The van der Waals surface area contributed by atoms with E-state index in [1.165, 1.54) is 30.3 Å². The van der Waals surface area contributed by atoms with E-state index in [1.807, 2.05) is 12.1 Å². The first-order valence-corrected chi connectivity index (χ1v) is 11.2. The van der Waals surface area contributed by atoms with Gasteiger partial charge in [0.15, 0.2) is 0 Å². The first-order valence-electron chi connectivity index (χ1n) is 8.48. The lowest BCUT2D eigenvalue weighted by atomic mass is 10.2. The largest absolute Gasteiger partial charge is 0.308 e. The highest BCUT2D eigenvalue weighted by molar-refractivity contribution is 7.92. The molecule has 0 saturated heterocycles. The number of fused-ring (bicyclic) bond motifs is 1. The number of rotatable bonds is 5. The Labute approximate surface area is 175 Å². The summed E-state index contributed by atoms with van der Waals surface area (Å²) in [5, 5.41) is 0.608. The molecule has 0 bridgehead atoms. The molecule has 0 spiro atoms. The quantitative estimate of drug-likeness (QED) is 0.481. The van der Waals surface area contributed by atoms with E-state index in [4.69, 9.17) is 11.6 Å². The summed E-state index contributed by atoms with van der Waals surface area (Å²) in [6.45, 7) is 0.351. The lowest BCUT2D eigenvalue weighted by molar-refractivity contribution is 0.601. The van der Waals surface area contributed by atoms with Crippen molar-refractivity contribution in [2.75, 3.05) is 4.72 Å². The summed E-state index contributed by atoms with van der Waals surface area (Å²) in [5.41, 5.74) is 1.67. The smallest absolute Gasteiger partial charge is 0.294 e. The van der Waals surface area contributed by atoms with Crippen molar-refractivity contribution in [3.05, 3.63) is 92.8 Å². The van der Waals surface area contributed by atoms with Gasteiger partial charge >= 0.3 is 4.87 Å². The maximum atomic E-state index is 13.3. The molecule has 0 aliphatic carbocycles. The molecule has 1 aromatic heterocycles. The summed E-state index contributed by atoms with van der Waals surface area (Å²) in [7, 11) is -3.92. The second-order valence-electron chi connectivity index (χ2n) is 6.33. The van der Waals surface area contributed by atoms with E-state index in [-0.39, 0.29) is 15.5 Å². The van der Waals surface area contributed by atoms with Gasteiger partial charge in [-0.15, -0.1) is 0 Å². The summed E-state index contributed by atoms with van der Waals surface area (Å²) in [5.74, 6) is -0.543. The topological polar surface area (TPSA) is 68.2 Å². The number of nitrogens with zero attached hydrogens (tertiary/aromatic N) is 1. The first kappa shape index (κ1) is 19.6. The van der Waals surface area contributed by atoms with Crippen LogP contribution in [0.4, 0.5) is 10.1 Å². The van der Waals surface area contributed by atoms with E-state index in [2.05, 4.69) is 4.72 Å². The van der Waals surface area contributed by atoms with Crippen LogP contribution in [0.2, 0.25) is 5.02 Å². The average molecular weight is 449 g/mol. The lowest BCUT2D eigenvalue weighted by Gasteiger charge is -2.09. The van der Waals surface area contributed by atoms with Gasteiger partial charge in [-0.3, -0.25) is 14.1 Å². The highest BCUT2D eigenvalue weighted by atomic mass is 35.5. The molecule has 9 heteroatoms. The molecule has 0 fully saturated rings. The minimum absolute atomic E-state index is 0.00541. The van der Waals surface area contributed by atoms with Gasteiger partial charge in [0.05, 0.1) is 27.3 Å². The highest BCUT2D eigenvalue weighted by Crippen LogP contribution is 2.24. The predicted octanol–water partition coefficient (Wildman–Crippen LogP) is 4.70. The molecule has 3 aromatic carbocycles. The second kappa shape index (κ2) is 7.62. The Morgan fingerprint density at radius 2 is 1.79 bits per heavy atom. The number of nitrogens with one attached hydrogen (secondary N) is 1. The fourth-order valence-corrected chi connectivity index (χ4v) is 5.11. The monoisotopic (exact) mass is 448 g/mol. The molecule has 0 radical (unpaired) electrons. The number of sulfonamides is 1. The van der Waals surface area contributed by atoms with Crippen molar-refractivity contribution in [2.45, 2.75) is 11.4 Å². The molecule has 0 aliphatic heterocycles. The molecular weight excluding hydrogens is 435 g/mol. The average Bonchev–Trinajstić information content (AvgIpc) is 2.98. The van der Waals surface area contributed by atoms with Gasteiger partial charge in [0.25, 0.3) is 10.0 Å². The third-order valence-electron chi connectivity index (χ3n) is 4.28. The standard InChI is InChI=1S/C20H14ClFN2O3S2/c21-14-6-4-13(5-7-14)12-24-18-9-8-17(11-19(18)28-20(24)25)29(26,27)23-16-3-1-2-15(22)10-16/h1-11,23H,12H2. The van der Waals surface area contributed by atoms with Crippen molar-refractivity contribution in [2.24, 2.45) is 0 Å². The zero-order valence-corrected chi connectivity index (χ0v) is 17.2. The van der Waals surface area contributed by atoms with Crippen LogP contribution in [-0.4, -0.2) is 13.0 Å². The van der Waals surface area contributed by atoms with Crippen LogP contribution in [-0.2, 0) is 16.6 Å². The van der Waals surface area contributed by atoms with Crippen LogP contribution in [0.15, 0.2) is 76.4 Å². The molecule has 0 saturated carbocycles. The molecule has 0 unspecified atom stereocenters. The molecule has 5 nitrogen and oxygen atoms in total. The summed E-state index contributed by atoms with van der Waals surface area (Å²) in [6, 6.07) is 16.8. The minimum atomic E-state index is -3.92. The molecular formula is C20H14ClFN2O3S2. The van der Waals surface area contributed by atoms with Crippen molar-refractivity contribution in [1.29, 1.82) is 0 Å². The van der Waals surface area contributed by atoms with Crippen LogP contribution in [0.3, 0.4) is 0 Å². The number of hydrogen-bond acceptors (Lipinski definition) is 4. The minimum Gasteiger partial charge on any atom is -0.294 e. The van der Waals surface area contributed by atoms with Gasteiger partial charge in [0.1, 0.15) is 5.82 Å². The SMILES string of the molecule is O=c1sc2cc(S(=O)(=O)Nc3cccc(F)c3)ccc2n1Cc1ccc(Cl)cc1. The number of aromatic nitrogens is 1. The normalized spacial score (nSPS) is 11.7. The Balaban J connectivity index is 1.68.